The van der Waals surface area contributed by atoms with E-state index in [9.17, 15) is 4.79 Å². The quantitative estimate of drug-likeness (QED) is 0.712. The number of carbonyl (C=O) groups excluding carboxylic acids is 1. The van der Waals surface area contributed by atoms with Crippen molar-refractivity contribution in [3.05, 3.63) is 41.1 Å². The van der Waals surface area contributed by atoms with Crippen LogP contribution in [0.1, 0.15) is 21.5 Å². The molecule has 1 N–H and O–H groups in total. The van der Waals surface area contributed by atoms with E-state index in [1.165, 1.54) is 0 Å². The van der Waals surface area contributed by atoms with Gasteiger partial charge in [-0.05, 0) is 24.8 Å². The summed E-state index contributed by atoms with van der Waals surface area (Å²) < 4.78 is 0. The summed E-state index contributed by atoms with van der Waals surface area (Å²) in [5, 5.41) is 2.89. The monoisotopic (exact) mass is 175 g/mol. The molecule has 0 aliphatic rings. The average molecular weight is 175 g/mol. The van der Waals surface area contributed by atoms with Gasteiger partial charge in [0.15, 0.2) is 6.29 Å². The Balaban J connectivity index is 3.08. The van der Waals surface area contributed by atoms with Crippen LogP contribution in [0.15, 0.2) is 24.4 Å². The van der Waals surface area contributed by atoms with Crippen molar-refractivity contribution in [3.8, 4) is 0 Å². The number of hydrogen-bond donors (Lipinski definition) is 1. The van der Waals surface area contributed by atoms with E-state index in [2.05, 4.69) is 5.32 Å². The van der Waals surface area contributed by atoms with Gasteiger partial charge in [0, 0.05) is 12.6 Å². The SMILES string of the molecule is CN/C=C\c1cc(C)ccc1C=O. The maximum atomic E-state index is 10.6. The van der Waals surface area contributed by atoms with Crippen LogP contribution < -0.4 is 5.32 Å². The van der Waals surface area contributed by atoms with Gasteiger partial charge in [0.25, 0.3) is 0 Å². The molecule has 0 bridgehead atoms. The first kappa shape index (κ1) is 9.52. The Labute approximate surface area is 78.3 Å². The molecule has 0 heterocycles. The van der Waals surface area contributed by atoms with Gasteiger partial charge < -0.3 is 5.32 Å². The van der Waals surface area contributed by atoms with E-state index in [1.54, 1.807) is 0 Å². The highest BCUT2D eigenvalue weighted by molar-refractivity contribution is 5.81. The molecule has 0 spiro atoms. The van der Waals surface area contributed by atoms with E-state index >= 15 is 0 Å². The van der Waals surface area contributed by atoms with Crippen molar-refractivity contribution >= 4 is 12.4 Å². The fraction of sp³-hybridized carbons (Fsp3) is 0.182. The van der Waals surface area contributed by atoms with Crippen LogP contribution in [0.25, 0.3) is 6.08 Å². The molecular formula is C11H13NO. The van der Waals surface area contributed by atoms with E-state index in [1.807, 2.05) is 44.4 Å². The van der Waals surface area contributed by atoms with Crippen molar-refractivity contribution in [1.82, 2.24) is 5.32 Å². The van der Waals surface area contributed by atoms with Crippen LogP contribution in [0.5, 0.6) is 0 Å². The number of aldehydes is 1. The summed E-state index contributed by atoms with van der Waals surface area (Å²) in [5.74, 6) is 0. The Bertz CT molecular complexity index is 329. The third-order valence-corrected chi connectivity index (χ3v) is 1.80. The Hall–Kier alpha value is -1.57. The third kappa shape index (κ3) is 2.44. The highest BCUT2D eigenvalue weighted by atomic mass is 16.1. The molecule has 0 saturated carbocycles. The van der Waals surface area contributed by atoms with E-state index in [4.69, 9.17) is 0 Å². The molecule has 0 radical (unpaired) electrons. The summed E-state index contributed by atoms with van der Waals surface area (Å²) in [6.07, 6.45) is 4.56. The molecule has 2 nitrogen and oxygen atoms in total. The molecule has 13 heavy (non-hydrogen) atoms. The molecule has 0 saturated heterocycles. The summed E-state index contributed by atoms with van der Waals surface area (Å²) in [5.41, 5.74) is 2.82. The fourth-order valence-corrected chi connectivity index (χ4v) is 1.12. The zero-order valence-corrected chi connectivity index (χ0v) is 7.87. The smallest absolute Gasteiger partial charge is 0.150 e. The van der Waals surface area contributed by atoms with Crippen LogP contribution in [-0.2, 0) is 0 Å². The summed E-state index contributed by atoms with van der Waals surface area (Å²) in [6, 6.07) is 5.75. The van der Waals surface area contributed by atoms with Gasteiger partial charge in [0.2, 0.25) is 0 Å². The molecule has 1 rings (SSSR count). The number of benzene rings is 1. The molecule has 0 unspecified atom stereocenters. The Morgan fingerprint density at radius 3 is 2.69 bits per heavy atom. The van der Waals surface area contributed by atoms with E-state index in [-0.39, 0.29) is 0 Å². The predicted octanol–water partition coefficient (Wildman–Crippen LogP) is 2.00. The maximum Gasteiger partial charge on any atom is 0.150 e. The van der Waals surface area contributed by atoms with Crippen LogP contribution in [-0.4, -0.2) is 13.3 Å². The van der Waals surface area contributed by atoms with Crippen molar-refractivity contribution in [2.24, 2.45) is 0 Å². The zero-order valence-electron chi connectivity index (χ0n) is 7.87. The molecular weight excluding hydrogens is 162 g/mol. The summed E-state index contributed by atoms with van der Waals surface area (Å²) in [7, 11) is 1.83. The molecule has 0 atom stereocenters. The van der Waals surface area contributed by atoms with Crippen molar-refractivity contribution < 1.29 is 4.79 Å². The zero-order chi connectivity index (χ0) is 9.68. The molecule has 0 aliphatic heterocycles. The Kier molecular flexibility index (Phi) is 3.26. The lowest BCUT2D eigenvalue weighted by Crippen LogP contribution is -1.93. The lowest BCUT2D eigenvalue weighted by Gasteiger charge is -2.00. The van der Waals surface area contributed by atoms with Crippen LogP contribution >= 0.6 is 0 Å². The minimum absolute atomic E-state index is 0.720. The van der Waals surface area contributed by atoms with E-state index in [0.29, 0.717) is 0 Å². The van der Waals surface area contributed by atoms with Crippen LogP contribution in [0, 0.1) is 6.92 Å². The first-order chi connectivity index (χ1) is 6.27. The summed E-state index contributed by atoms with van der Waals surface area (Å²) in [6.45, 7) is 2.01. The van der Waals surface area contributed by atoms with Gasteiger partial charge in [-0.3, -0.25) is 4.79 Å². The molecule has 0 aromatic heterocycles. The minimum atomic E-state index is 0.720. The van der Waals surface area contributed by atoms with E-state index in [0.717, 1.165) is 23.0 Å². The number of nitrogens with one attached hydrogen (secondary N) is 1. The van der Waals surface area contributed by atoms with Gasteiger partial charge in [-0.1, -0.05) is 23.8 Å². The molecule has 2 heteroatoms. The van der Waals surface area contributed by atoms with Gasteiger partial charge in [0.05, 0.1) is 0 Å². The number of hydrogen-bond acceptors (Lipinski definition) is 2. The summed E-state index contributed by atoms with van der Waals surface area (Å²) in [4.78, 5) is 10.6. The lowest BCUT2D eigenvalue weighted by atomic mass is 10.1. The van der Waals surface area contributed by atoms with Gasteiger partial charge in [-0.25, -0.2) is 0 Å². The van der Waals surface area contributed by atoms with Crippen molar-refractivity contribution in [1.29, 1.82) is 0 Å². The second kappa shape index (κ2) is 4.45. The fourth-order valence-electron chi connectivity index (χ4n) is 1.12. The van der Waals surface area contributed by atoms with Gasteiger partial charge in [-0.15, -0.1) is 0 Å². The van der Waals surface area contributed by atoms with E-state index < -0.39 is 0 Å². The second-order valence-corrected chi connectivity index (χ2v) is 2.87. The first-order valence-electron chi connectivity index (χ1n) is 4.17. The molecule has 1 aromatic rings. The third-order valence-electron chi connectivity index (χ3n) is 1.80. The molecule has 0 amide bonds. The Morgan fingerprint density at radius 1 is 1.31 bits per heavy atom. The van der Waals surface area contributed by atoms with Crippen molar-refractivity contribution in [3.63, 3.8) is 0 Å². The molecule has 0 fully saturated rings. The number of rotatable bonds is 3. The average Bonchev–Trinajstić information content (AvgIpc) is 2.15. The summed E-state index contributed by atoms with van der Waals surface area (Å²) >= 11 is 0. The predicted molar refractivity (Wildman–Crippen MR) is 54.7 cm³/mol. The van der Waals surface area contributed by atoms with Gasteiger partial charge >= 0.3 is 0 Å². The highest BCUT2D eigenvalue weighted by Gasteiger charge is 1.97. The second-order valence-electron chi connectivity index (χ2n) is 2.87. The minimum Gasteiger partial charge on any atom is -0.394 e. The van der Waals surface area contributed by atoms with Crippen molar-refractivity contribution in [2.45, 2.75) is 6.92 Å². The molecule has 0 aliphatic carbocycles. The normalized spacial score (nSPS) is 10.3. The van der Waals surface area contributed by atoms with Crippen LogP contribution in [0.2, 0.25) is 0 Å². The standard InChI is InChI=1S/C11H13NO/c1-9-3-4-11(8-13)10(7-9)5-6-12-2/h3-8,12H,1-2H3/b6-5-. The maximum absolute atomic E-state index is 10.6. The van der Waals surface area contributed by atoms with Gasteiger partial charge in [-0.2, -0.15) is 0 Å². The van der Waals surface area contributed by atoms with Gasteiger partial charge in [0.1, 0.15) is 0 Å². The Morgan fingerprint density at radius 2 is 2.08 bits per heavy atom. The largest absolute Gasteiger partial charge is 0.394 e. The first-order valence-corrected chi connectivity index (χ1v) is 4.17. The number of carbonyl (C=O) groups is 1. The van der Waals surface area contributed by atoms with Crippen LogP contribution in [0.4, 0.5) is 0 Å². The number of aryl methyl sites for hydroxylation is 1. The molecule has 1 aromatic carbocycles. The topological polar surface area (TPSA) is 29.1 Å². The van der Waals surface area contributed by atoms with Crippen molar-refractivity contribution in [2.75, 3.05) is 7.05 Å². The van der Waals surface area contributed by atoms with Crippen LogP contribution in [0.3, 0.4) is 0 Å². The highest BCUT2D eigenvalue weighted by Crippen LogP contribution is 2.11. The molecule has 68 valence electrons. The lowest BCUT2D eigenvalue weighted by molar-refractivity contribution is 0.112.